The molecule has 0 aliphatic heterocycles. The molecule has 0 bridgehead atoms. The Hall–Kier alpha value is -0.783. The highest BCUT2D eigenvalue weighted by Gasteiger charge is 2.07. The van der Waals surface area contributed by atoms with E-state index in [1.54, 1.807) is 0 Å². The minimum Gasteiger partial charge on any atom is -0.198 e. The van der Waals surface area contributed by atoms with E-state index >= 15 is 0 Å². The number of hydrogen-bond donors (Lipinski definition) is 0. The SMILES string of the molecule is CC(C#N)c1ccccc1C[SiH2]Cl. The van der Waals surface area contributed by atoms with Crippen LogP contribution in [-0.2, 0) is 6.04 Å². The van der Waals surface area contributed by atoms with Gasteiger partial charge in [-0.3, -0.25) is 0 Å². The molecule has 0 aliphatic carbocycles. The number of nitriles is 1. The summed E-state index contributed by atoms with van der Waals surface area (Å²) < 4.78 is 0. The number of nitrogens with zero attached hydrogens (tertiary/aromatic N) is 1. The maximum Gasteiger partial charge on any atom is 0.129 e. The van der Waals surface area contributed by atoms with E-state index in [0.717, 1.165) is 11.6 Å². The Morgan fingerprint density at radius 3 is 2.85 bits per heavy atom. The highest BCUT2D eigenvalue weighted by atomic mass is 35.6. The van der Waals surface area contributed by atoms with E-state index < -0.39 is 8.83 Å². The van der Waals surface area contributed by atoms with Gasteiger partial charge >= 0.3 is 0 Å². The van der Waals surface area contributed by atoms with Crippen LogP contribution in [0.4, 0.5) is 0 Å². The van der Waals surface area contributed by atoms with Gasteiger partial charge in [-0.1, -0.05) is 24.3 Å². The van der Waals surface area contributed by atoms with Crippen molar-refractivity contribution in [3.63, 3.8) is 0 Å². The van der Waals surface area contributed by atoms with Crippen LogP contribution in [0.3, 0.4) is 0 Å². The molecule has 0 aliphatic rings. The summed E-state index contributed by atoms with van der Waals surface area (Å²) in [5.41, 5.74) is 2.39. The van der Waals surface area contributed by atoms with Gasteiger partial charge in [-0.25, -0.2) is 0 Å². The molecule has 1 unspecified atom stereocenters. The van der Waals surface area contributed by atoms with Crippen LogP contribution < -0.4 is 0 Å². The Morgan fingerprint density at radius 2 is 2.23 bits per heavy atom. The van der Waals surface area contributed by atoms with Crippen molar-refractivity contribution >= 4 is 19.9 Å². The Morgan fingerprint density at radius 1 is 1.54 bits per heavy atom. The van der Waals surface area contributed by atoms with Crippen LogP contribution in [0.2, 0.25) is 0 Å². The van der Waals surface area contributed by atoms with Crippen molar-refractivity contribution in [3.8, 4) is 6.07 Å². The zero-order valence-corrected chi connectivity index (χ0v) is 9.80. The van der Waals surface area contributed by atoms with Crippen molar-refractivity contribution in [1.82, 2.24) is 0 Å². The van der Waals surface area contributed by atoms with Crippen LogP contribution in [0.5, 0.6) is 0 Å². The van der Waals surface area contributed by atoms with Crippen LogP contribution in [0.15, 0.2) is 24.3 Å². The summed E-state index contributed by atoms with van der Waals surface area (Å²) in [6, 6.07) is 11.3. The van der Waals surface area contributed by atoms with Gasteiger partial charge in [0.25, 0.3) is 0 Å². The number of halogens is 1. The lowest BCUT2D eigenvalue weighted by Gasteiger charge is -2.08. The number of rotatable bonds is 3. The molecule has 0 aromatic heterocycles. The normalized spacial score (nSPS) is 13.0. The molecular weight excluding hydrogens is 198 g/mol. The fourth-order valence-corrected chi connectivity index (χ4v) is 2.63. The maximum atomic E-state index is 8.81. The van der Waals surface area contributed by atoms with Gasteiger partial charge in [-0.15, -0.1) is 0 Å². The van der Waals surface area contributed by atoms with Gasteiger partial charge in [0, 0.05) is 0 Å². The van der Waals surface area contributed by atoms with Crippen molar-refractivity contribution in [3.05, 3.63) is 35.4 Å². The Bertz CT molecular complexity index is 319. The molecular formula is C10H12ClNSi. The smallest absolute Gasteiger partial charge is 0.129 e. The molecule has 0 heterocycles. The fraction of sp³-hybridized carbons (Fsp3) is 0.300. The molecule has 1 atom stereocenters. The van der Waals surface area contributed by atoms with Gasteiger partial charge in [0.15, 0.2) is 0 Å². The fourth-order valence-electron chi connectivity index (χ4n) is 1.36. The van der Waals surface area contributed by atoms with Crippen molar-refractivity contribution in [2.45, 2.75) is 18.9 Å². The lowest BCUT2D eigenvalue weighted by Crippen LogP contribution is -1.99. The highest BCUT2D eigenvalue weighted by molar-refractivity contribution is 6.93. The van der Waals surface area contributed by atoms with Crippen LogP contribution in [0.25, 0.3) is 0 Å². The van der Waals surface area contributed by atoms with Gasteiger partial charge in [0.05, 0.1) is 12.0 Å². The summed E-state index contributed by atoms with van der Waals surface area (Å²) >= 11 is 5.81. The summed E-state index contributed by atoms with van der Waals surface area (Å²) in [6.07, 6.45) is 0. The van der Waals surface area contributed by atoms with E-state index in [1.165, 1.54) is 5.56 Å². The predicted molar refractivity (Wildman–Crippen MR) is 58.6 cm³/mol. The minimum absolute atomic E-state index is 0.0200. The maximum absolute atomic E-state index is 8.81. The lowest BCUT2D eigenvalue weighted by molar-refractivity contribution is 0.962. The van der Waals surface area contributed by atoms with Gasteiger partial charge < -0.3 is 0 Å². The summed E-state index contributed by atoms with van der Waals surface area (Å²) in [5, 5.41) is 8.81. The molecule has 0 fully saturated rings. The standard InChI is InChI=1S/C10H12ClNSi/c1-8(6-12)10-5-3-2-4-9(10)7-13-11/h2-5,8H,7,13H2,1H3. The van der Waals surface area contributed by atoms with E-state index in [9.17, 15) is 0 Å². The Kier molecular flexibility index (Phi) is 4.01. The predicted octanol–water partition coefficient (Wildman–Crippen LogP) is 2.14. The van der Waals surface area contributed by atoms with Crippen LogP contribution >= 0.6 is 11.1 Å². The first-order valence-electron chi connectivity index (χ1n) is 4.33. The van der Waals surface area contributed by atoms with Crippen LogP contribution in [0.1, 0.15) is 24.0 Å². The number of benzene rings is 1. The molecule has 0 radical (unpaired) electrons. The zero-order chi connectivity index (χ0) is 9.68. The molecule has 0 spiro atoms. The molecule has 1 nitrogen and oxygen atoms in total. The van der Waals surface area contributed by atoms with Crippen molar-refractivity contribution in [2.75, 3.05) is 0 Å². The monoisotopic (exact) mass is 209 g/mol. The second-order valence-corrected chi connectivity index (χ2v) is 5.00. The molecule has 68 valence electrons. The van der Waals surface area contributed by atoms with Gasteiger partial charge in [0.2, 0.25) is 0 Å². The van der Waals surface area contributed by atoms with Gasteiger partial charge in [-0.05, 0) is 24.1 Å². The quantitative estimate of drug-likeness (QED) is 0.553. The third-order valence-electron chi connectivity index (χ3n) is 2.08. The molecule has 1 rings (SSSR count). The summed E-state index contributed by atoms with van der Waals surface area (Å²) in [5.74, 6) is -0.0200. The molecule has 3 heteroatoms. The first-order chi connectivity index (χ1) is 6.29. The van der Waals surface area contributed by atoms with E-state index in [0.29, 0.717) is 0 Å². The summed E-state index contributed by atoms with van der Waals surface area (Å²) in [7, 11) is -0.482. The lowest BCUT2D eigenvalue weighted by atomic mass is 9.98. The van der Waals surface area contributed by atoms with Crippen molar-refractivity contribution in [1.29, 1.82) is 5.26 Å². The molecule has 1 aromatic carbocycles. The molecule has 13 heavy (non-hydrogen) atoms. The Balaban J connectivity index is 2.98. The third kappa shape index (κ3) is 2.58. The summed E-state index contributed by atoms with van der Waals surface area (Å²) in [4.78, 5) is 0. The number of hydrogen-bond acceptors (Lipinski definition) is 1. The molecule has 0 amide bonds. The zero-order valence-electron chi connectivity index (χ0n) is 7.63. The first kappa shape index (κ1) is 10.3. The average Bonchev–Trinajstić information content (AvgIpc) is 2.18. The average molecular weight is 210 g/mol. The largest absolute Gasteiger partial charge is 0.198 e. The second-order valence-electron chi connectivity index (χ2n) is 2.99. The van der Waals surface area contributed by atoms with Crippen molar-refractivity contribution in [2.24, 2.45) is 0 Å². The third-order valence-corrected chi connectivity index (χ3v) is 3.37. The van der Waals surface area contributed by atoms with E-state index in [-0.39, 0.29) is 5.92 Å². The Labute approximate surface area is 85.9 Å². The van der Waals surface area contributed by atoms with Crippen molar-refractivity contribution < 1.29 is 0 Å². The summed E-state index contributed by atoms with van der Waals surface area (Å²) in [6.45, 7) is 1.93. The molecule has 0 N–H and O–H groups in total. The molecule has 1 aromatic rings. The van der Waals surface area contributed by atoms with Gasteiger partial charge in [-0.2, -0.15) is 16.3 Å². The van der Waals surface area contributed by atoms with Crippen LogP contribution in [-0.4, -0.2) is 8.83 Å². The second kappa shape index (κ2) is 5.06. The topological polar surface area (TPSA) is 23.8 Å². The first-order valence-corrected chi connectivity index (χ1v) is 7.46. The molecule has 0 saturated heterocycles. The van der Waals surface area contributed by atoms with E-state index in [2.05, 4.69) is 12.1 Å². The van der Waals surface area contributed by atoms with Crippen LogP contribution in [0, 0.1) is 11.3 Å². The van der Waals surface area contributed by atoms with E-state index in [1.807, 2.05) is 25.1 Å². The molecule has 0 saturated carbocycles. The minimum atomic E-state index is -0.482. The highest BCUT2D eigenvalue weighted by Crippen LogP contribution is 2.19. The van der Waals surface area contributed by atoms with Gasteiger partial charge in [0.1, 0.15) is 8.83 Å². The van der Waals surface area contributed by atoms with E-state index in [4.69, 9.17) is 16.3 Å².